The summed E-state index contributed by atoms with van der Waals surface area (Å²) >= 11 is 0. The smallest absolute Gasteiger partial charge is 0.185 e. The summed E-state index contributed by atoms with van der Waals surface area (Å²) in [6.07, 6.45) is 3.45. The molecule has 0 unspecified atom stereocenters. The molecule has 1 heterocycles. The monoisotopic (exact) mass is 458 g/mol. The average Bonchev–Trinajstić information content (AvgIpc) is 2.88. The molecule has 0 bridgehead atoms. The first kappa shape index (κ1) is 23.7. The van der Waals surface area contributed by atoms with Crippen molar-refractivity contribution in [2.24, 2.45) is 0 Å². The van der Waals surface area contributed by atoms with Crippen molar-refractivity contribution in [3.05, 3.63) is 101 Å². The van der Waals surface area contributed by atoms with Gasteiger partial charge in [0.05, 0.1) is 27.4 Å². The predicted molar refractivity (Wildman–Crippen MR) is 134 cm³/mol. The third-order valence-electron chi connectivity index (χ3n) is 6.23. The van der Waals surface area contributed by atoms with Gasteiger partial charge in [0.25, 0.3) is 0 Å². The van der Waals surface area contributed by atoms with E-state index in [-0.39, 0.29) is 5.78 Å². The topological polar surface area (TPSA) is 44.8 Å². The van der Waals surface area contributed by atoms with Crippen LogP contribution in [0.25, 0.3) is 6.08 Å². The lowest BCUT2D eigenvalue weighted by molar-refractivity contribution is -0.929. The largest absolute Gasteiger partial charge is 0.497 e. The Balaban J connectivity index is 1.53. The van der Waals surface area contributed by atoms with E-state index in [0.29, 0.717) is 12.2 Å². The maximum atomic E-state index is 12.6. The first-order chi connectivity index (χ1) is 16.5. The number of ether oxygens (including phenoxy) is 3. The highest BCUT2D eigenvalue weighted by atomic mass is 16.5. The van der Waals surface area contributed by atoms with Crippen molar-refractivity contribution in [3.8, 4) is 11.5 Å². The Hall–Kier alpha value is -3.41. The number of hydrogen-bond acceptors (Lipinski definition) is 4. The van der Waals surface area contributed by atoms with E-state index in [1.54, 1.807) is 37.5 Å². The number of ketones is 1. The van der Waals surface area contributed by atoms with Gasteiger partial charge in [-0.3, -0.25) is 4.79 Å². The van der Waals surface area contributed by atoms with Crippen LogP contribution in [0.3, 0.4) is 0 Å². The van der Waals surface area contributed by atoms with Crippen LogP contribution in [0.2, 0.25) is 0 Å². The SMILES string of the molecule is COc1ccc(C(=O)/C=C/c2ccc(C[N+]3(C)CCOCC3)c(OCc3ccccc3)c2)cc1. The molecule has 3 aromatic carbocycles. The highest BCUT2D eigenvalue weighted by Gasteiger charge is 2.27. The second kappa shape index (κ2) is 11.1. The van der Waals surface area contributed by atoms with Gasteiger partial charge in [-0.15, -0.1) is 0 Å². The Labute approximate surface area is 201 Å². The highest BCUT2D eigenvalue weighted by Crippen LogP contribution is 2.27. The minimum Gasteiger partial charge on any atom is -0.497 e. The Bertz CT molecular complexity index is 1120. The minimum atomic E-state index is -0.0510. The third kappa shape index (κ3) is 6.34. The second-order valence-corrected chi connectivity index (χ2v) is 8.90. The van der Waals surface area contributed by atoms with Crippen molar-refractivity contribution in [1.82, 2.24) is 0 Å². The first-order valence-electron chi connectivity index (χ1n) is 11.6. The summed E-state index contributed by atoms with van der Waals surface area (Å²) in [7, 11) is 3.88. The van der Waals surface area contributed by atoms with Crippen molar-refractivity contribution in [3.63, 3.8) is 0 Å². The third-order valence-corrected chi connectivity index (χ3v) is 6.23. The summed E-state index contributed by atoms with van der Waals surface area (Å²) in [6, 6.07) is 23.5. The van der Waals surface area contributed by atoms with E-state index in [4.69, 9.17) is 14.2 Å². The normalized spacial score (nSPS) is 15.2. The van der Waals surface area contributed by atoms with Gasteiger partial charge in [0, 0.05) is 11.1 Å². The number of carbonyl (C=O) groups excluding carboxylic acids is 1. The van der Waals surface area contributed by atoms with Gasteiger partial charge < -0.3 is 18.7 Å². The molecule has 3 aromatic rings. The van der Waals surface area contributed by atoms with E-state index in [9.17, 15) is 4.79 Å². The predicted octanol–water partition coefficient (Wildman–Crippen LogP) is 5.15. The molecule has 0 saturated carbocycles. The lowest BCUT2D eigenvalue weighted by Gasteiger charge is -2.38. The van der Waals surface area contributed by atoms with Crippen molar-refractivity contribution >= 4 is 11.9 Å². The lowest BCUT2D eigenvalue weighted by atomic mass is 10.1. The highest BCUT2D eigenvalue weighted by molar-refractivity contribution is 6.06. The fourth-order valence-corrected chi connectivity index (χ4v) is 4.05. The molecule has 0 N–H and O–H groups in total. The molecule has 1 aliphatic rings. The van der Waals surface area contributed by atoms with E-state index in [1.807, 2.05) is 30.3 Å². The van der Waals surface area contributed by atoms with Gasteiger partial charge >= 0.3 is 0 Å². The van der Waals surface area contributed by atoms with Crippen LogP contribution < -0.4 is 9.47 Å². The number of allylic oxidation sites excluding steroid dienone is 1. The first-order valence-corrected chi connectivity index (χ1v) is 11.6. The zero-order chi connectivity index (χ0) is 23.8. The molecule has 0 radical (unpaired) electrons. The molecule has 0 amide bonds. The fourth-order valence-electron chi connectivity index (χ4n) is 4.05. The van der Waals surface area contributed by atoms with Crippen molar-refractivity contribution in [1.29, 1.82) is 0 Å². The van der Waals surface area contributed by atoms with Gasteiger partial charge in [-0.05, 0) is 53.6 Å². The molecule has 176 valence electrons. The summed E-state index contributed by atoms with van der Waals surface area (Å²) in [5.41, 5.74) is 3.84. The van der Waals surface area contributed by atoms with Crippen molar-refractivity contribution in [2.75, 3.05) is 40.5 Å². The number of quaternary nitrogens is 1. The lowest BCUT2D eigenvalue weighted by Crippen LogP contribution is -2.51. The Morgan fingerprint density at radius 3 is 2.44 bits per heavy atom. The fraction of sp³-hybridized carbons (Fsp3) is 0.276. The number of benzene rings is 3. The molecule has 34 heavy (non-hydrogen) atoms. The van der Waals surface area contributed by atoms with Crippen molar-refractivity contribution < 1.29 is 23.5 Å². The maximum absolute atomic E-state index is 12.6. The number of morpholine rings is 1. The number of nitrogens with zero attached hydrogens (tertiary/aromatic N) is 1. The second-order valence-electron chi connectivity index (χ2n) is 8.90. The molecule has 0 spiro atoms. The van der Waals surface area contributed by atoms with Gasteiger partial charge in [-0.25, -0.2) is 0 Å². The van der Waals surface area contributed by atoms with E-state index >= 15 is 0 Å². The molecular formula is C29H32NO4+. The minimum absolute atomic E-state index is 0.0510. The van der Waals surface area contributed by atoms with Gasteiger partial charge in [-0.2, -0.15) is 0 Å². The number of rotatable bonds is 9. The molecule has 0 aliphatic carbocycles. The molecule has 0 atom stereocenters. The summed E-state index contributed by atoms with van der Waals surface area (Å²) in [5, 5.41) is 0. The number of hydrogen-bond donors (Lipinski definition) is 0. The molecule has 4 rings (SSSR count). The van der Waals surface area contributed by atoms with Gasteiger partial charge in [0.15, 0.2) is 5.78 Å². The van der Waals surface area contributed by atoms with Crippen LogP contribution in [-0.4, -0.2) is 50.7 Å². The number of carbonyl (C=O) groups is 1. The van der Waals surface area contributed by atoms with Gasteiger partial charge in [-0.1, -0.05) is 42.5 Å². The van der Waals surface area contributed by atoms with Crippen LogP contribution >= 0.6 is 0 Å². The molecule has 1 fully saturated rings. The van der Waals surface area contributed by atoms with E-state index in [2.05, 4.69) is 31.3 Å². The van der Waals surface area contributed by atoms with Crippen molar-refractivity contribution in [2.45, 2.75) is 13.2 Å². The number of likely N-dealkylation sites (N-methyl/N-ethyl adjacent to an activating group) is 1. The zero-order valence-corrected chi connectivity index (χ0v) is 19.9. The van der Waals surface area contributed by atoms with Gasteiger partial charge in [0.2, 0.25) is 0 Å². The van der Waals surface area contributed by atoms with E-state index in [1.165, 1.54) is 5.56 Å². The Kier molecular flexibility index (Phi) is 7.78. The van der Waals surface area contributed by atoms with Gasteiger partial charge in [0.1, 0.15) is 37.7 Å². The van der Waals surface area contributed by atoms with E-state index in [0.717, 1.165) is 60.0 Å². The Morgan fingerprint density at radius 1 is 1.00 bits per heavy atom. The summed E-state index contributed by atoms with van der Waals surface area (Å²) in [4.78, 5) is 12.6. The van der Waals surface area contributed by atoms with Crippen LogP contribution in [0, 0.1) is 0 Å². The van der Waals surface area contributed by atoms with Crippen LogP contribution in [-0.2, 0) is 17.9 Å². The summed E-state index contributed by atoms with van der Waals surface area (Å²) in [5.74, 6) is 1.53. The zero-order valence-electron chi connectivity index (χ0n) is 19.9. The van der Waals surface area contributed by atoms with Crippen LogP contribution in [0.4, 0.5) is 0 Å². The molecule has 1 aliphatic heterocycles. The van der Waals surface area contributed by atoms with E-state index < -0.39 is 0 Å². The quantitative estimate of drug-likeness (QED) is 0.253. The number of methoxy groups -OCH3 is 1. The van der Waals surface area contributed by atoms with Crippen LogP contribution in [0.5, 0.6) is 11.5 Å². The standard InChI is InChI=1S/C29H32NO4/c1-30(16-18-33-19-17-30)21-26-10-8-23(20-29(26)34-22-24-6-4-3-5-7-24)9-15-28(31)25-11-13-27(32-2)14-12-25/h3-15,20H,16-19,21-22H2,1-2H3/q+1/b15-9+. The molecule has 1 saturated heterocycles. The molecule has 5 heteroatoms. The maximum Gasteiger partial charge on any atom is 0.185 e. The van der Waals surface area contributed by atoms with Crippen LogP contribution in [0.15, 0.2) is 78.9 Å². The summed E-state index contributed by atoms with van der Waals surface area (Å²) < 4.78 is 18.0. The summed E-state index contributed by atoms with van der Waals surface area (Å²) in [6.45, 7) is 4.91. The Morgan fingerprint density at radius 2 is 1.74 bits per heavy atom. The molecule has 0 aromatic heterocycles. The van der Waals surface area contributed by atoms with Crippen LogP contribution in [0.1, 0.15) is 27.0 Å². The molecular weight excluding hydrogens is 426 g/mol. The average molecular weight is 459 g/mol. The molecule has 5 nitrogen and oxygen atoms in total.